The van der Waals surface area contributed by atoms with Gasteiger partial charge in [-0.3, -0.25) is 4.68 Å². The summed E-state index contributed by atoms with van der Waals surface area (Å²) in [7, 11) is 0. The number of thioether (sulfide) groups is 1. The standard InChI is InChI=1S/C21H18BrClN4OS/c1-13-20(22)14(2)27(26-13)11-19-24-25-21(28-19)29-12-16-5-3-4-6-18(16)15-7-9-17(23)10-8-15/h3-10H,11-12H2,1-2H3. The predicted molar refractivity (Wildman–Crippen MR) is 119 cm³/mol. The average Bonchev–Trinajstić information content (AvgIpc) is 3.27. The third-order valence-corrected chi connectivity index (χ3v) is 6.82. The van der Waals surface area contributed by atoms with Crippen LogP contribution >= 0.6 is 39.3 Å². The van der Waals surface area contributed by atoms with Crippen molar-refractivity contribution in [3.05, 3.63) is 80.9 Å². The first-order valence-corrected chi connectivity index (χ1v) is 11.2. The minimum absolute atomic E-state index is 0.452. The lowest BCUT2D eigenvalue weighted by atomic mass is 10.0. The molecule has 0 radical (unpaired) electrons. The summed E-state index contributed by atoms with van der Waals surface area (Å²) in [6.45, 7) is 4.41. The molecule has 0 bridgehead atoms. The van der Waals surface area contributed by atoms with Crippen LogP contribution in [0, 0.1) is 13.8 Å². The van der Waals surface area contributed by atoms with Gasteiger partial charge in [-0.15, -0.1) is 10.2 Å². The molecule has 2 heterocycles. The summed E-state index contributed by atoms with van der Waals surface area (Å²) in [6, 6.07) is 16.2. The van der Waals surface area contributed by atoms with Gasteiger partial charge in [-0.25, -0.2) is 0 Å². The van der Waals surface area contributed by atoms with Crippen molar-refractivity contribution in [3.63, 3.8) is 0 Å². The van der Waals surface area contributed by atoms with Gasteiger partial charge in [0.1, 0.15) is 6.54 Å². The highest BCUT2D eigenvalue weighted by Crippen LogP contribution is 2.30. The molecule has 148 valence electrons. The van der Waals surface area contributed by atoms with Crippen LogP contribution in [0.4, 0.5) is 0 Å². The largest absolute Gasteiger partial charge is 0.414 e. The first kappa shape index (κ1) is 20.2. The first-order chi connectivity index (χ1) is 14.0. The van der Waals surface area contributed by atoms with Gasteiger partial charge < -0.3 is 4.42 Å². The normalized spacial score (nSPS) is 11.2. The van der Waals surface area contributed by atoms with Crippen LogP contribution in [0.5, 0.6) is 0 Å². The molecular formula is C21H18BrClN4OS. The van der Waals surface area contributed by atoms with E-state index in [2.05, 4.69) is 43.4 Å². The van der Waals surface area contributed by atoms with Crippen molar-refractivity contribution in [2.75, 3.05) is 0 Å². The fourth-order valence-electron chi connectivity index (χ4n) is 3.01. The summed E-state index contributed by atoms with van der Waals surface area (Å²) in [6.07, 6.45) is 0. The zero-order valence-corrected chi connectivity index (χ0v) is 19.1. The Balaban J connectivity index is 1.47. The van der Waals surface area contributed by atoms with E-state index >= 15 is 0 Å². The second-order valence-corrected chi connectivity index (χ2v) is 8.71. The number of nitrogens with zero attached hydrogens (tertiary/aromatic N) is 4. The topological polar surface area (TPSA) is 56.7 Å². The summed E-state index contributed by atoms with van der Waals surface area (Å²) in [5.74, 6) is 1.27. The molecule has 0 unspecified atom stereocenters. The Hall–Kier alpha value is -2.09. The van der Waals surface area contributed by atoms with Crippen molar-refractivity contribution in [2.24, 2.45) is 0 Å². The van der Waals surface area contributed by atoms with Gasteiger partial charge in [0.25, 0.3) is 5.22 Å². The molecule has 0 aliphatic heterocycles. The molecule has 0 aliphatic rings. The van der Waals surface area contributed by atoms with Gasteiger partial charge in [0.05, 0.1) is 15.9 Å². The third kappa shape index (κ3) is 4.57. The SMILES string of the molecule is Cc1nn(Cc2nnc(SCc3ccccc3-c3ccc(Cl)cc3)o2)c(C)c1Br. The molecule has 0 N–H and O–H groups in total. The van der Waals surface area contributed by atoms with Gasteiger partial charge in [-0.2, -0.15) is 5.10 Å². The van der Waals surface area contributed by atoms with Crippen molar-refractivity contribution < 1.29 is 4.42 Å². The summed E-state index contributed by atoms with van der Waals surface area (Å²) in [5.41, 5.74) is 5.47. The van der Waals surface area contributed by atoms with E-state index in [1.165, 1.54) is 22.9 Å². The number of hydrogen-bond acceptors (Lipinski definition) is 5. The van der Waals surface area contributed by atoms with Crippen LogP contribution in [0.15, 0.2) is 62.6 Å². The predicted octanol–water partition coefficient (Wildman–Crippen LogP) is 6.31. The number of aromatic nitrogens is 4. The van der Waals surface area contributed by atoms with Crippen LogP contribution in [-0.4, -0.2) is 20.0 Å². The third-order valence-electron chi connectivity index (χ3n) is 4.55. The van der Waals surface area contributed by atoms with E-state index < -0.39 is 0 Å². The number of hydrogen-bond donors (Lipinski definition) is 0. The Morgan fingerprint density at radius 3 is 2.55 bits per heavy atom. The Morgan fingerprint density at radius 2 is 1.83 bits per heavy atom. The van der Waals surface area contributed by atoms with Gasteiger partial charge in [-0.1, -0.05) is 59.8 Å². The molecule has 0 atom stereocenters. The molecule has 2 aromatic heterocycles. The molecule has 0 spiro atoms. The molecule has 8 heteroatoms. The van der Waals surface area contributed by atoms with Gasteiger partial charge in [0.15, 0.2) is 0 Å². The lowest BCUT2D eigenvalue weighted by Crippen LogP contribution is -2.04. The molecule has 4 aromatic rings. The number of benzene rings is 2. The van der Waals surface area contributed by atoms with Crippen LogP contribution in [0.1, 0.15) is 22.8 Å². The number of aryl methyl sites for hydroxylation is 1. The molecule has 5 nitrogen and oxygen atoms in total. The molecule has 0 aliphatic carbocycles. The number of halogens is 2. The van der Waals surface area contributed by atoms with Crippen molar-refractivity contribution >= 4 is 39.3 Å². The maximum atomic E-state index is 6.02. The van der Waals surface area contributed by atoms with E-state index in [9.17, 15) is 0 Å². The van der Waals surface area contributed by atoms with Crippen molar-refractivity contribution in [3.8, 4) is 11.1 Å². The minimum Gasteiger partial charge on any atom is -0.414 e. The van der Waals surface area contributed by atoms with E-state index in [-0.39, 0.29) is 0 Å². The molecule has 2 aromatic carbocycles. The second-order valence-electron chi connectivity index (χ2n) is 6.56. The number of rotatable bonds is 6. The van der Waals surface area contributed by atoms with E-state index in [0.29, 0.717) is 17.7 Å². The summed E-state index contributed by atoms with van der Waals surface area (Å²) in [5, 5.41) is 14.1. The second kappa shape index (κ2) is 8.73. The van der Waals surface area contributed by atoms with Gasteiger partial charge in [0.2, 0.25) is 5.89 Å². The fraction of sp³-hybridized carbons (Fsp3) is 0.190. The van der Waals surface area contributed by atoms with Crippen LogP contribution in [0.2, 0.25) is 5.02 Å². The molecule has 4 rings (SSSR count). The lowest BCUT2D eigenvalue weighted by molar-refractivity contribution is 0.396. The van der Waals surface area contributed by atoms with Gasteiger partial charge in [0, 0.05) is 10.8 Å². The van der Waals surface area contributed by atoms with Crippen molar-refractivity contribution in [2.45, 2.75) is 31.4 Å². The summed E-state index contributed by atoms with van der Waals surface area (Å²) < 4.78 is 8.69. The fourth-order valence-corrected chi connectivity index (χ4v) is 4.21. The van der Waals surface area contributed by atoms with Crippen LogP contribution in [0.3, 0.4) is 0 Å². The maximum Gasteiger partial charge on any atom is 0.276 e. The van der Waals surface area contributed by atoms with Crippen LogP contribution < -0.4 is 0 Å². The van der Waals surface area contributed by atoms with E-state index in [0.717, 1.165) is 32.2 Å². The molecule has 29 heavy (non-hydrogen) atoms. The maximum absolute atomic E-state index is 6.02. The average molecular weight is 490 g/mol. The lowest BCUT2D eigenvalue weighted by Gasteiger charge is -2.08. The van der Waals surface area contributed by atoms with E-state index in [1.807, 2.05) is 54.9 Å². The van der Waals surface area contributed by atoms with E-state index in [1.54, 1.807) is 0 Å². The van der Waals surface area contributed by atoms with Crippen molar-refractivity contribution in [1.29, 1.82) is 0 Å². The Bertz CT molecular complexity index is 1140. The zero-order chi connectivity index (χ0) is 20.4. The Morgan fingerprint density at radius 1 is 1.07 bits per heavy atom. The quantitative estimate of drug-likeness (QED) is 0.297. The Kier molecular flexibility index (Phi) is 6.08. The Labute approximate surface area is 186 Å². The highest BCUT2D eigenvalue weighted by atomic mass is 79.9. The monoisotopic (exact) mass is 488 g/mol. The van der Waals surface area contributed by atoms with Gasteiger partial charge in [-0.05, 0) is 58.6 Å². The first-order valence-electron chi connectivity index (χ1n) is 9.00. The van der Waals surface area contributed by atoms with E-state index in [4.69, 9.17) is 16.0 Å². The summed E-state index contributed by atoms with van der Waals surface area (Å²) >= 11 is 11.1. The van der Waals surface area contributed by atoms with Crippen LogP contribution in [-0.2, 0) is 12.3 Å². The molecule has 0 amide bonds. The van der Waals surface area contributed by atoms with Crippen molar-refractivity contribution in [1.82, 2.24) is 20.0 Å². The minimum atomic E-state index is 0.452. The summed E-state index contributed by atoms with van der Waals surface area (Å²) in [4.78, 5) is 0. The molecular weight excluding hydrogens is 472 g/mol. The molecule has 0 fully saturated rings. The highest BCUT2D eigenvalue weighted by Gasteiger charge is 2.14. The zero-order valence-electron chi connectivity index (χ0n) is 15.9. The smallest absolute Gasteiger partial charge is 0.276 e. The molecule has 0 saturated heterocycles. The molecule has 0 saturated carbocycles. The van der Waals surface area contributed by atoms with Gasteiger partial charge >= 0.3 is 0 Å². The van der Waals surface area contributed by atoms with Crippen LogP contribution in [0.25, 0.3) is 11.1 Å². The highest BCUT2D eigenvalue weighted by molar-refractivity contribution is 9.10.